The number of H-pyrrole nitrogens is 1. The maximum Gasteiger partial charge on any atom is 0.328 e. The number of benzene rings is 2. The Kier molecular flexibility index (Phi) is 6.50. The molecule has 8 heteroatoms. The third kappa shape index (κ3) is 4.50. The molecule has 1 saturated heterocycles. The number of rotatable bonds is 6. The summed E-state index contributed by atoms with van der Waals surface area (Å²) < 4.78 is 20.3. The van der Waals surface area contributed by atoms with Gasteiger partial charge in [0.15, 0.2) is 0 Å². The van der Waals surface area contributed by atoms with Crippen molar-refractivity contribution in [3.05, 3.63) is 80.7 Å². The number of para-hydroxylation sites is 1. The molecule has 0 unspecified atom stereocenters. The fraction of sp³-hybridized carbons (Fsp3) is 0.375. The van der Waals surface area contributed by atoms with E-state index in [1.807, 2.05) is 6.07 Å². The van der Waals surface area contributed by atoms with Crippen LogP contribution in [0.25, 0.3) is 10.9 Å². The van der Waals surface area contributed by atoms with Gasteiger partial charge in [0.05, 0.1) is 23.4 Å². The van der Waals surface area contributed by atoms with E-state index in [4.69, 9.17) is 4.74 Å². The maximum atomic E-state index is 13.8. The number of hydrogen-bond donors (Lipinski definition) is 1. The van der Waals surface area contributed by atoms with Crippen LogP contribution in [0.4, 0.5) is 4.39 Å². The Bertz CT molecular complexity index is 1240. The van der Waals surface area contributed by atoms with Gasteiger partial charge in [0.2, 0.25) is 0 Å². The second kappa shape index (κ2) is 9.48. The summed E-state index contributed by atoms with van der Waals surface area (Å²) in [7, 11) is 0. The standard InChI is InChI=1S/C24H26FN3O4/c1-2-32-23(30)20-15-27(11-10-18(20)16-6-5-7-17(25)14-16)12-13-28-22(29)19-8-3-4-9-21(19)26-24(28)31/h3-9,14,18,20H,2,10-13,15H2,1H3,(H,26,31)/t18-,20-/m1/s1. The second-order valence-corrected chi connectivity index (χ2v) is 8.04. The molecule has 1 fully saturated rings. The molecule has 0 saturated carbocycles. The Morgan fingerprint density at radius 2 is 1.97 bits per heavy atom. The third-order valence-corrected chi connectivity index (χ3v) is 6.09. The van der Waals surface area contributed by atoms with Gasteiger partial charge in [-0.3, -0.25) is 14.2 Å². The zero-order valence-corrected chi connectivity index (χ0v) is 17.9. The molecule has 32 heavy (non-hydrogen) atoms. The Labute approximate surface area is 184 Å². The Morgan fingerprint density at radius 3 is 2.75 bits per heavy atom. The zero-order chi connectivity index (χ0) is 22.7. The SMILES string of the molecule is CCOC(=O)[C@@H]1CN(CCn2c(=O)[nH]c3ccccc3c2=O)CC[C@@H]1c1cccc(F)c1. The lowest BCUT2D eigenvalue weighted by Crippen LogP contribution is -2.46. The summed E-state index contributed by atoms with van der Waals surface area (Å²) in [5, 5.41) is 0.460. The molecule has 7 nitrogen and oxygen atoms in total. The van der Waals surface area contributed by atoms with Gasteiger partial charge in [-0.25, -0.2) is 9.18 Å². The summed E-state index contributed by atoms with van der Waals surface area (Å²) in [6.07, 6.45) is 0.649. The van der Waals surface area contributed by atoms with Gasteiger partial charge in [-0.1, -0.05) is 24.3 Å². The van der Waals surface area contributed by atoms with E-state index in [-0.39, 0.29) is 36.4 Å². The van der Waals surface area contributed by atoms with Crippen molar-refractivity contribution in [1.29, 1.82) is 0 Å². The summed E-state index contributed by atoms with van der Waals surface area (Å²) in [6, 6.07) is 13.3. The summed E-state index contributed by atoms with van der Waals surface area (Å²) in [4.78, 5) is 42.7. The molecule has 0 aliphatic carbocycles. The first-order valence-corrected chi connectivity index (χ1v) is 10.8. The average molecular weight is 439 g/mol. The van der Waals surface area contributed by atoms with Crippen LogP contribution >= 0.6 is 0 Å². The maximum absolute atomic E-state index is 13.8. The Balaban J connectivity index is 1.52. The van der Waals surface area contributed by atoms with Gasteiger partial charge in [-0.15, -0.1) is 0 Å². The number of likely N-dealkylation sites (tertiary alicyclic amines) is 1. The van der Waals surface area contributed by atoms with Crippen molar-refractivity contribution < 1.29 is 13.9 Å². The van der Waals surface area contributed by atoms with Gasteiger partial charge < -0.3 is 14.6 Å². The molecule has 2 atom stereocenters. The highest BCUT2D eigenvalue weighted by Crippen LogP contribution is 2.34. The van der Waals surface area contributed by atoms with Crippen LogP contribution in [-0.4, -0.2) is 46.7 Å². The normalized spacial score (nSPS) is 19.2. The minimum atomic E-state index is -0.453. The van der Waals surface area contributed by atoms with Gasteiger partial charge >= 0.3 is 11.7 Å². The van der Waals surface area contributed by atoms with Crippen molar-refractivity contribution in [3.63, 3.8) is 0 Å². The highest BCUT2D eigenvalue weighted by atomic mass is 19.1. The highest BCUT2D eigenvalue weighted by molar-refractivity contribution is 5.77. The highest BCUT2D eigenvalue weighted by Gasteiger charge is 2.36. The number of nitrogens with zero attached hydrogens (tertiary/aromatic N) is 2. The molecule has 0 amide bonds. The third-order valence-electron chi connectivity index (χ3n) is 6.09. The summed E-state index contributed by atoms with van der Waals surface area (Å²) in [6.45, 7) is 3.75. The van der Waals surface area contributed by atoms with Crippen molar-refractivity contribution in [1.82, 2.24) is 14.5 Å². The van der Waals surface area contributed by atoms with Crippen LogP contribution in [0.15, 0.2) is 58.1 Å². The van der Waals surface area contributed by atoms with Crippen molar-refractivity contribution in [2.45, 2.75) is 25.8 Å². The number of nitrogens with one attached hydrogen (secondary N) is 1. The van der Waals surface area contributed by atoms with E-state index >= 15 is 0 Å². The number of esters is 1. The number of aromatic amines is 1. The molecule has 0 radical (unpaired) electrons. The van der Waals surface area contributed by atoms with E-state index in [0.29, 0.717) is 37.0 Å². The Hall–Kier alpha value is -3.26. The minimum Gasteiger partial charge on any atom is -0.466 e. The molecule has 1 aliphatic rings. The summed E-state index contributed by atoms with van der Waals surface area (Å²) in [5.74, 6) is -1.24. The lowest BCUT2D eigenvalue weighted by atomic mass is 9.80. The minimum absolute atomic E-state index is 0.146. The van der Waals surface area contributed by atoms with Crippen molar-refractivity contribution in [2.24, 2.45) is 5.92 Å². The number of aromatic nitrogens is 2. The first kappa shape index (κ1) is 22.0. The lowest BCUT2D eigenvalue weighted by molar-refractivity contribution is -0.150. The molecule has 2 heterocycles. The molecule has 4 rings (SSSR count). The van der Waals surface area contributed by atoms with Gasteiger partial charge in [0.1, 0.15) is 5.82 Å². The fourth-order valence-corrected chi connectivity index (χ4v) is 4.49. The first-order valence-electron chi connectivity index (χ1n) is 10.8. The number of carbonyl (C=O) groups is 1. The van der Waals surface area contributed by atoms with E-state index in [2.05, 4.69) is 9.88 Å². The molecule has 0 bridgehead atoms. The predicted molar refractivity (Wildman–Crippen MR) is 119 cm³/mol. The topological polar surface area (TPSA) is 84.4 Å². The number of halogens is 1. The quantitative estimate of drug-likeness (QED) is 0.597. The van der Waals surface area contributed by atoms with E-state index in [9.17, 15) is 18.8 Å². The van der Waals surface area contributed by atoms with Gasteiger partial charge in [-0.2, -0.15) is 0 Å². The molecule has 1 N–H and O–H groups in total. The summed E-state index contributed by atoms with van der Waals surface area (Å²) in [5.41, 5.74) is 0.508. The molecule has 168 valence electrons. The molecule has 0 spiro atoms. The molecule has 1 aliphatic heterocycles. The van der Waals surface area contributed by atoms with E-state index < -0.39 is 11.6 Å². The summed E-state index contributed by atoms with van der Waals surface area (Å²) >= 11 is 0. The number of piperidine rings is 1. The molecule has 3 aromatic rings. The first-order chi connectivity index (χ1) is 15.5. The molecular formula is C24H26FN3O4. The van der Waals surface area contributed by atoms with Crippen LogP contribution in [0, 0.1) is 11.7 Å². The van der Waals surface area contributed by atoms with Crippen molar-refractivity contribution >= 4 is 16.9 Å². The van der Waals surface area contributed by atoms with Crippen molar-refractivity contribution in [3.8, 4) is 0 Å². The molecular weight excluding hydrogens is 413 g/mol. The smallest absolute Gasteiger partial charge is 0.328 e. The van der Waals surface area contributed by atoms with Crippen LogP contribution in [0.3, 0.4) is 0 Å². The van der Waals surface area contributed by atoms with Crippen LogP contribution in [0.2, 0.25) is 0 Å². The average Bonchev–Trinajstić information content (AvgIpc) is 2.79. The number of fused-ring (bicyclic) bond motifs is 1. The monoisotopic (exact) mass is 439 g/mol. The number of hydrogen-bond acceptors (Lipinski definition) is 5. The van der Waals surface area contributed by atoms with Gasteiger partial charge in [0, 0.05) is 19.6 Å². The number of carbonyl (C=O) groups excluding carboxylic acids is 1. The zero-order valence-electron chi connectivity index (χ0n) is 17.9. The van der Waals surface area contributed by atoms with Crippen molar-refractivity contribution in [2.75, 3.05) is 26.2 Å². The van der Waals surface area contributed by atoms with Gasteiger partial charge in [-0.05, 0) is 55.6 Å². The van der Waals surface area contributed by atoms with Gasteiger partial charge in [0.25, 0.3) is 5.56 Å². The van der Waals surface area contributed by atoms with E-state index in [1.165, 1.54) is 16.7 Å². The Morgan fingerprint density at radius 1 is 1.16 bits per heavy atom. The van der Waals surface area contributed by atoms with Crippen LogP contribution in [-0.2, 0) is 16.1 Å². The molecule has 2 aromatic carbocycles. The van der Waals surface area contributed by atoms with Crippen LogP contribution < -0.4 is 11.2 Å². The number of ether oxygens (including phenoxy) is 1. The van der Waals surface area contributed by atoms with Crippen LogP contribution in [0.1, 0.15) is 24.8 Å². The van der Waals surface area contributed by atoms with E-state index in [1.54, 1.807) is 37.3 Å². The van der Waals surface area contributed by atoms with Crippen LogP contribution in [0.5, 0.6) is 0 Å². The molecule has 1 aromatic heterocycles. The second-order valence-electron chi connectivity index (χ2n) is 8.04. The predicted octanol–water partition coefficient (Wildman–Crippen LogP) is 2.50. The fourth-order valence-electron chi connectivity index (χ4n) is 4.49. The van der Waals surface area contributed by atoms with E-state index in [0.717, 1.165) is 5.56 Å². The largest absolute Gasteiger partial charge is 0.466 e. The lowest BCUT2D eigenvalue weighted by Gasteiger charge is -2.37.